The first-order valence-electron chi connectivity index (χ1n) is 5.85. The highest BCUT2D eigenvalue weighted by molar-refractivity contribution is 7.80. The molecule has 0 saturated carbocycles. The van der Waals surface area contributed by atoms with E-state index >= 15 is 0 Å². The number of hydrogen-bond donors (Lipinski definition) is 1. The Morgan fingerprint density at radius 2 is 2.00 bits per heavy atom. The maximum Gasteiger partial charge on any atom is 0.243 e. The summed E-state index contributed by atoms with van der Waals surface area (Å²) in [5, 5.41) is 0. The van der Waals surface area contributed by atoms with Gasteiger partial charge in [0.15, 0.2) is 0 Å². The quantitative estimate of drug-likeness (QED) is 0.617. The molecule has 1 heterocycles. The number of nitrogens with zero attached hydrogens (tertiary/aromatic N) is 3. The third-order valence-corrected chi connectivity index (χ3v) is 3.13. The average molecular weight is 286 g/mol. The molecule has 0 atom stereocenters. The molecule has 1 aliphatic rings. The Morgan fingerprint density at radius 3 is 2.58 bits per heavy atom. The number of amides is 3. The number of rotatable bonds is 5. The smallest absolute Gasteiger partial charge is 0.243 e. The lowest BCUT2D eigenvalue weighted by atomic mass is 10.3. The molecule has 0 spiro atoms. The van der Waals surface area contributed by atoms with Gasteiger partial charge in [0.1, 0.15) is 13.1 Å². The van der Waals surface area contributed by atoms with E-state index in [9.17, 15) is 14.4 Å². The Hall–Kier alpha value is -1.70. The minimum Gasteiger partial charge on any atom is -0.393 e. The first kappa shape index (κ1) is 15.4. The van der Waals surface area contributed by atoms with Crippen molar-refractivity contribution in [2.24, 2.45) is 5.73 Å². The highest BCUT2D eigenvalue weighted by Crippen LogP contribution is 2.03. The van der Waals surface area contributed by atoms with E-state index in [0.717, 1.165) is 0 Å². The Morgan fingerprint density at radius 1 is 1.37 bits per heavy atom. The second kappa shape index (κ2) is 6.46. The van der Waals surface area contributed by atoms with Gasteiger partial charge in [-0.15, -0.1) is 0 Å². The van der Waals surface area contributed by atoms with E-state index < -0.39 is 0 Å². The van der Waals surface area contributed by atoms with Crippen LogP contribution in [-0.2, 0) is 14.4 Å². The molecule has 0 aromatic carbocycles. The normalized spacial score (nSPS) is 15.7. The molecule has 0 aromatic rings. The van der Waals surface area contributed by atoms with Gasteiger partial charge in [0.25, 0.3) is 0 Å². The molecule has 0 unspecified atom stereocenters. The number of carbonyl (C=O) groups excluding carboxylic acids is 3. The van der Waals surface area contributed by atoms with Crippen LogP contribution < -0.4 is 5.73 Å². The Bertz CT molecular complexity index is 413. The number of likely N-dealkylation sites (N-methyl/N-ethyl adjacent to an activating group) is 2. The maximum atomic E-state index is 11.9. The van der Waals surface area contributed by atoms with Crippen LogP contribution in [0.2, 0.25) is 0 Å². The van der Waals surface area contributed by atoms with Crippen LogP contribution in [0, 0.1) is 0 Å². The van der Waals surface area contributed by atoms with Crippen molar-refractivity contribution in [2.45, 2.75) is 6.42 Å². The van der Waals surface area contributed by atoms with Gasteiger partial charge in [0.05, 0.1) is 11.5 Å². The summed E-state index contributed by atoms with van der Waals surface area (Å²) in [7, 11) is 3.18. The van der Waals surface area contributed by atoms with Crippen LogP contribution in [0.1, 0.15) is 6.42 Å². The van der Waals surface area contributed by atoms with Crippen LogP contribution in [-0.4, -0.2) is 77.7 Å². The maximum absolute atomic E-state index is 11.9. The first-order valence-corrected chi connectivity index (χ1v) is 6.26. The van der Waals surface area contributed by atoms with Gasteiger partial charge in [-0.3, -0.25) is 14.4 Å². The highest BCUT2D eigenvalue weighted by Gasteiger charge is 2.29. The fourth-order valence-electron chi connectivity index (χ4n) is 1.59. The zero-order chi connectivity index (χ0) is 14.6. The van der Waals surface area contributed by atoms with Crippen molar-refractivity contribution in [1.29, 1.82) is 0 Å². The number of hydrogen-bond acceptors (Lipinski definition) is 4. The van der Waals surface area contributed by atoms with Gasteiger partial charge in [-0.1, -0.05) is 12.2 Å². The van der Waals surface area contributed by atoms with Crippen LogP contribution in [0.25, 0.3) is 0 Å². The SMILES string of the molecule is CN(CCC(N)=S)C(=O)CN1CC(=O)N(C)CC1=O. The molecule has 1 rings (SSSR count). The van der Waals surface area contributed by atoms with Crippen LogP contribution >= 0.6 is 12.2 Å². The molecule has 0 aromatic heterocycles. The first-order chi connectivity index (χ1) is 8.81. The van der Waals surface area contributed by atoms with E-state index in [1.165, 1.54) is 14.7 Å². The highest BCUT2D eigenvalue weighted by atomic mass is 32.1. The molecule has 3 amide bonds. The molecule has 0 radical (unpaired) electrons. The summed E-state index contributed by atoms with van der Waals surface area (Å²) in [6.07, 6.45) is 0.438. The zero-order valence-corrected chi connectivity index (χ0v) is 11.9. The predicted molar refractivity (Wildman–Crippen MR) is 73.3 cm³/mol. The van der Waals surface area contributed by atoms with Crippen molar-refractivity contribution in [1.82, 2.24) is 14.7 Å². The summed E-state index contributed by atoms with van der Waals surface area (Å²) < 4.78 is 0. The third kappa shape index (κ3) is 4.47. The fourth-order valence-corrected chi connectivity index (χ4v) is 1.69. The zero-order valence-electron chi connectivity index (χ0n) is 11.1. The van der Waals surface area contributed by atoms with Crippen molar-refractivity contribution < 1.29 is 14.4 Å². The molecule has 0 bridgehead atoms. The van der Waals surface area contributed by atoms with E-state index in [4.69, 9.17) is 18.0 Å². The lowest BCUT2D eigenvalue weighted by Gasteiger charge is -2.32. The summed E-state index contributed by atoms with van der Waals surface area (Å²) >= 11 is 4.73. The molecule has 1 aliphatic heterocycles. The molecule has 2 N–H and O–H groups in total. The predicted octanol–water partition coefficient (Wildman–Crippen LogP) is -1.58. The van der Waals surface area contributed by atoms with Crippen molar-refractivity contribution in [3.8, 4) is 0 Å². The van der Waals surface area contributed by atoms with E-state index in [2.05, 4.69) is 0 Å². The van der Waals surface area contributed by atoms with Gasteiger partial charge in [-0.05, 0) is 0 Å². The summed E-state index contributed by atoms with van der Waals surface area (Å²) in [6, 6.07) is 0. The van der Waals surface area contributed by atoms with E-state index in [0.29, 0.717) is 18.0 Å². The minimum absolute atomic E-state index is 0.0166. The Balaban J connectivity index is 2.49. The number of thiocarbonyl (C=S) groups is 1. The summed E-state index contributed by atoms with van der Waals surface area (Å²) in [5.74, 6) is -0.627. The molecule has 106 valence electrons. The van der Waals surface area contributed by atoms with Crippen molar-refractivity contribution in [2.75, 3.05) is 40.3 Å². The lowest BCUT2D eigenvalue weighted by molar-refractivity contribution is -0.151. The summed E-state index contributed by atoms with van der Waals surface area (Å²) in [4.78, 5) is 39.5. The van der Waals surface area contributed by atoms with Crippen LogP contribution in [0.4, 0.5) is 0 Å². The third-order valence-electron chi connectivity index (χ3n) is 2.92. The second-order valence-corrected chi connectivity index (χ2v) is 5.06. The van der Waals surface area contributed by atoms with Gasteiger partial charge in [-0.25, -0.2) is 0 Å². The van der Waals surface area contributed by atoms with Crippen LogP contribution in [0.3, 0.4) is 0 Å². The topological polar surface area (TPSA) is 86.9 Å². The molecule has 0 aliphatic carbocycles. The molecular formula is C11H18N4O3S. The van der Waals surface area contributed by atoms with Gasteiger partial charge < -0.3 is 20.4 Å². The fraction of sp³-hybridized carbons (Fsp3) is 0.636. The molecule has 1 fully saturated rings. The van der Waals surface area contributed by atoms with Crippen molar-refractivity contribution in [3.63, 3.8) is 0 Å². The Kier molecular flexibility index (Phi) is 5.22. The van der Waals surface area contributed by atoms with Crippen molar-refractivity contribution in [3.05, 3.63) is 0 Å². The number of carbonyl (C=O) groups is 3. The van der Waals surface area contributed by atoms with Crippen LogP contribution in [0.5, 0.6) is 0 Å². The molecule has 1 saturated heterocycles. The van der Waals surface area contributed by atoms with Gasteiger partial charge in [-0.2, -0.15) is 0 Å². The van der Waals surface area contributed by atoms with Gasteiger partial charge in [0.2, 0.25) is 17.7 Å². The molecule has 19 heavy (non-hydrogen) atoms. The standard InChI is InChI=1S/C11H18N4O3S/c1-13(4-3-8(12)19)9(16)6-15-7-10(17)14(2)5-11(15)18/h3-7H2,1-2H3,(H2,12,19). The summed E-state index contributed by atoms with van der Waals surface area (Å²) in [5.41, 5.74) is 5.36. The van der Waals surface area contributed by atoms with Crippen molar-refractivity contribution >= 4 is 34.9 Å². The lowest BCUT2D eigenvalue weighted by Crippen LogP contribution is -2.54. The van der Waals surface area contributed by atoms with Crippen LogP contribution in [0.15, 0.2) is 0 Å². The molecule has 7 nitrogen and oxygen atoms in total. The van der Waals surface area contributed by atoms with E-state index in [-0.39, 0.29) is 37.4 Å². The van der Waals surface area contributed by atoms with Gasteiger partial charge >= 0.3 is 0 Å². The summed E-state index contributed by atoms with van der Waals surface area (Å²) in [6.45, 7) is 0.281. The second-order valence-electron chi connectivity index (χ2n) is 4.53. The van der Waals surface area contributed by atoms with E-state index in [1.54, 1.807) is 14.1 Å². The molecular weight excluding hydrogens is 268 g/mol. The largest absolute Gasteiger partial charge is 0.393 e. The van der Waals surface area contributed by atoms with Gasteiger partial charge in [0, 0.05) is 27.1 Å². The number of nitrogens with two attached hydrogens (primary N) is 1. The molecule has 8 heteroatoms. The monoisotopic (exact) mass is 286 g/mol. The minimum atomic E-state index is -0.234. The number of piperazine rings is 1. The average Bonchev–Trinajstić information content (AvgIpc) is 2.32. The Labute approximate surface area is 117 Å². The van der Waals surface area contributed by atoms with E-state index in [1.807, 2.05) is 0 Å².